The van der Waals surface area contributed by atoms with Gasteiger partial charge in [-0.15, -0.1) is 0 Å². The van der Waals surface area contributed by atoms with Gasteiger partial charge in [-0.2, -0.15) is 9.61 Å². The van der Waals surface area contributed by atoms with Crippen molar-refractivity contribution in [2.45, 2.75) is 57.3 Å². The van der Waals surface area contributed by atoms with Crippen molar-refractivity contribution in [1.29, 1.82) is 0 Å². The summed E-state index contributed by atoms with van der Waals surface area (Å²) in [4.78, 5) is 4.82. The maximum Gasteiger partial charge on any atom is 0.157 e. The number of rotatable bonds is 2. The van der Waals surface area contributed by atoms with Gasteiger partial charge in [0.1, 0.15) is 5.82 Å². The molecule has 2 aliphatic carbocycles. The van der Waals surface area contributed by atoms with Crippen molar-refractivity contribution in [3.8, 4) is 0 Å². The predicted molar refractivity (Wildman–Crippen MR) is 78.6 cm³/mol. The number of nitrogens with zero attached hydrogens (tertiary/aromatic N) is 3. The van der Waals surface area contributed by atoms with E-state index in [0.717, 1.165) is 24.3 Å². The predicted octanol–water partition coefficient (Wildman–Crippen LogP) is 2.55. The van der Waals surface area contributed by atoms with Crippen LogP contribution in [-0.2, 0) is 12.8 Å². The Morgan fingerprint density at radius 3 is 2.75 bits per heavy atom. The highest BCUT2D eigenvalue weighted by Gasteiger charge is 2.23. The summed E-state index contributed by atoms with van der Waals surface area (Å²) in [6.45, 7) is 0. The Labute approximate surface area is 118 Å². The fraction of sp³-hybridized carbons (Fsp3) is 0.600. The molecule has 0 radical (unpaired) electrons. The van der Waals surface area contributed by atoms with Gasteiger partial charge in [0.2, 0.25) is 0 Å². The van der Waals surface area contributed by atoms with Crippen LogP contribution in [-0.4, -0.2) is 14.6 Å². The monoisotopic (exact) mass is 271 g/mol. The lowest BCUT2D eigenvalue weighted by atomic mass is 9.96. The van der Waals surface area contributed by atoms with Gasteiger partial charge in [-0.25, -0.2) is 10.8 Å². The fourth-order valence-corrected chi connectivity index (χ4v) is 3.74. The van der Waals surface area contributed by atoms with Crippen molar-refractivity contribution in [3.05, 3.63) is 23.0 Å². The van der Waals surface area contributed by atoms with E-state index in [9.17, 15) is 0 Å². The number of aryl methyl sites for hydroxylation is 1. The second-order valence-electron chi connectivity index (χ2n) is 6.06. The number of aromatic nitrogens is 3. The van der Waals surface area contributed by atoms with E-state index in [1.165, 1.54) is 55.5 Å². The summed E-state index contributed by atoms with van der Waals surface area (Å²) in [6.07, 6.45) is 9.72. The van der Waals surface area contributed by atoms with E-state index < -0.39 is 0 Å². The Balaban J connectivity index is 1.87. The lowest BCUT2D eigenvalue weighted by Crippen LogP contribution is -2.18. The number of fused-ring (bicyclic) bond motifs is 2. The van der Waals surface area contributed by atoms with Gasteiger partial charge in [-0.3, -0.25) is 0 Å². The van der Waals surface area contributed by atoms with E-state index in [-0.39, 0.29) is 0 Å². The molecule has 5 heteroatoms. The van der Waals surface area contributed by atoms with E-state index in [0.29, 0.717) is 5.92 Å². The Morgan fingerprint density at radius 2 is 1.95 bits per heavy atom. The highest BCUT2D eigenvalue weighted by atomic mass is 15.4. The molecule has 1 saturated carbocycles. The molecule has 1 fully saturated rings. The first-order chi connectivity index (χ1) is 9.86. The van der Waals surface area contributed by atoms with Gasteiger partial charge >= 0.3 is 0 Å². The summed E-state index contributed by atoms with van der Waals surface area (Å²) >= 11 is 0. The molecule has 0 aromatic carbocycles. The van der Waals surface area contributed by atoms with Crippen LogP contribution in [0.2, 0.25) is 0 Å². The molecule has 0 saturated heterocycles. The molecule has 2 aromatic heterocycles. The van der Waals surface area contributed by atoms with E-state index in [1.54, 1.807) is 0 Å². The Hall–Kier alpha value is -1.62. The zero-order valence-corrected chi connectivity index (χ0v) is 11.7. The van der Waals surface area contributed by atoms with Gasteiger partial charge in [0.05, 0.1) is 5.69 Å². The molecule has 0 unspecified atom stereocenters. The molecular weight excluding hydrogens is 250 g/mol. The summed E-state index contributed by atoms with van der Waals surface area (Å²) in [7, 11) is 0. The van der Waals surface area contributed by atoms with Crippen LogP contribution >= 0.6 is 0 Å². The number of hydrazine groups is 1. The minimum atomic E-state index is 0.611. The SMILES string of the molecule is NNc1c2c(nc3cc(C4CCCC4)nn13)CCCC2. The molecule has 0 spiro atoms. The Bertz CT molecular complexity index is 639. The fourth-order valence-electron chi connectivity index (χ4n) is 3.74. The zero-order valence-electron chi connectivity index (χ0n) is 11.7. The third-order valence-corrected chi connectivity index (χ3v) is 4.81. The third kappa shape index (κ3) is 1.80. The third-order valence-electron chi connectivity index (χ3n) is 4.81. The van der Waals surface area contributed by atoms with Crippen LogP contribution in [0.15, 0.2) is 6.07 Å². The first-order valence-electron chi connectivity index (χ1n) is 7.75. The molecule has 106 valence electrons. The summed E-state index contributed by atoms with van der Waals surface area (Å²) in [5, 5.41) is 4.79. The molecule has 0 atom stereocenters. The average molecular weight is 271 g/mol. The second-order valence-corrected chi connectivity index (χ2v) is 6.06. The molecule has 4 rings (SSSR count). The highest BCUT2D eigenvalue weighted by molar-refractivity contribution is 5.56. The van der Waals surface area contributed by atoms with Crippen LogP contribution in [0.5, 0.6) is 0 Å². The Kier molecular flexibility index (Phi) is 2.88. The minimum Gasteiger partial charge on any atom is -0.308 e. The number of hydrogen-bond donors (Lipinski definition) is 2. The molecule has 20 heavy (non-hydrogen) atoms. The van der Waals surface area contributed by atoms with E-state index >= 15 is 0 Å². The average Bonchev–Trinajstić information content (AvgIpc) is 3.13. The molecule has 3 N–H and O–H groups in total. The van der Waals surface area contributed by atoms with Crippen LogP contribution in [0, 0.1) is 0 Å². The number of nitrogens with one attached hydrogen (secondary N) is 1. The van der Waals surface area contributed by atoms with Gasteiger partial charge in [0, 0.05) is 23.2 Å². The van der Waals surface area contributed by atoms with Crippen molar-refractivity contribution in [1.82, 2.24) is 14.6 Å². The van der Waals surface area contributed by atoms with Gasteiger partial charge in [0.15, 0.2) is 5.65 Å². The number of nitrogens with two attached hydrogens (primary N) is 1. The molecule has 0 aliphatic heterocycles. The first-order valence-corrected chi connectivity index (χ1v) is 7.75. The number of nitrogen functional groups attached to an aromatic ring is 1. The van der Waals surface area contributed by atoms with E-state index in [1.807, 2.05) is 4.52 Å². The standard InChI is InChI=1S/C15H21N5/c16-18-15-11-7-3-4-8-12(11)17-14-9-13(19-20(14)15)10-5-1-2-6-10/h9-10,18H,1-8,16H2. The molecule has 2 heterocycles. The number of anilines is 1. The molecule has 0 bridgehead atoms. The van der Waals surface area contributed by atoms with Gasteiger partial charge < -0.3 is 5.43 Å². The molecular formula is C15H21N5. The zero-order chi connectivity index (χ0) is 13.5. The van der Waals surface area contributed by atoms with Crippen LogP contribution in [0.4, 0.5) is 5.82 Å². The van der Waals surface area contributed by atoms with Crippen LogP contribution in [0.25, 0.3) is 5.65 Å². The van der Waals surface area contributed by atoms with Crippen LogP contribution in [0.3, 0.4) is 0 Å². The van der Waals surface area contributed by atoms with Gasteiger partial charge in [-0.1, -0.05) is 12.8 Å². The normalized spacial score (nSPS) is 19.4. The molecule has 0 amide bonds. The summed E-state index contributed by atoms with van der Waals surface area (Å²) in [5.41, 5.74) is 7.46. The van der Waals surface area contributed by atoms with Crippen LogP contribution < -0.4 is 11.3 Å². The van der Waals surface area contributed by atoms with Gasteiger partial charge in [-0.05, 0) is 38.5 Å². The second kappa shape index (κ2) is 4.74. The smallest absolute Gasteiger partial charge is 0.157 e. The summed E-state index contributed by atoms with van der Waals surface area (Å²) in [6, 6.07) is 2.16. The van der Waals surface area contributed by atoms with Crippen molar-refractivity contribution >= 4 is 11.5 Å². The minimum absolute atomic E-state index is 0.611. The Morgan fingerprint density at radius 1 is 1.15 bits per heavy atom. The van der Waals surface area contributed by atoms with Crippen molar-refractivity contribution in [2.75, 3.05) is 5.43 Å². The van der Waals surface area contributed by atoms with Crippen LogP contribution in [0.1, 0.15) is 61.4 Å². The van der Waals surface area contributed by atoms with E-state index in [4.69, 9.17) is 15.9 Å². The lowest BCUT2D eigenvalue weighted by Gasteiger charge is -2.18. The summed E-state index contributed by atoms with van der Waals surface area (Å²) < 4.78 is 1.91. The maximum atomic E-state index is 5.76. The molecule has 2 aromatic rings. The van der Waals surface area contributed by atoms with Crippen molar-refractivity contribution in [2.24, 2.45) is 5.84 Å². The number of hydrogen-bond acceptors (Lipinski definition) is 4. The topological polar surface area (TPSA) is 68.2 Å². The largest absolute Gasteiger partial charge is 0.308 e. The molecule has 2 aliphatic rings. The first kappa shape index (κ1) is 12.1. The van der Waals surface area contributed by atoms with Gasteiger partial charge in [0.25, 0.3) is 0 Å². The van der Waals surface area contributed by atoms with Crippen molar-refractivity contribution in [3.63, 3.8) is 0 Å². The lowest BCUT2D eigenvalue weighted by molar-refractivity contribution is 0.656. The summed E-state index contributed by atoms with van der Waals surface area (Å²) in [5.74, 6) is 7.31. The van der Waals surface area contributed by atoms with Crippen molar-refractivity contribution < 1.29 is 0 Å². The van der Waals surface area contributed by atoms with E-state index in [2.05, 4.69) is 11.5 Å². The maximum absolute atomic E-state index is 5.76. The quantitative estimate of drug-likeness (QED) is 0.650. The highest BCUT2D eigenvalue weighted by Crippen LogP contribution is 2.35. The molecule has 5 nitrogen and oxygen atoms in total.